The molecule has 0 amide bonds. The monoisotopic (exact) mass is 424 g/mol. The third kappa shape index (κ3) is 3.28. The van der Waals surface area contributed by atoms with Crippen LogP contribution in [0.25, 0.3) is 38.6 Å². The van der Waals surface area contributed by atoms with Crippen molar-refractivity contribution in [1.82, 2.24) is 4.57 Å². The Morgan fingerprint density at radius 2 is 1.09 bits per heavy atom. The maximum absolute atomic E-state index is 2.39. The van der Waals surface area contributed by atoms with Crippen molar-refractivity contribution in [3.8, 4) is 16.8 Å². The van der Waals surface area contributed by atoms with Gasteiger partial charge in [-0.05, 0) is 47.5 Å². The van der Waals surface area contributed by atoms with E-state index in [4.69, 9.17) is 0 Å². The zero-order valence-corrected chi connectivity index (χ0v) is 18.5. The van der Waals surface area contributed by atoms with E-state index in [2.05, 4.69) is 144 Å². The summed E-state index contributed by atoms with van der Waals surface area (Å²) in [5.41, 5.74) is 8.37. The molecule has 0 fully saturated rings. The highest BCUT2D eigenvalue weighted by atomic mass is 15.1. The standard InChI is InChI=1S/C31H24N2/c1-32(25-15-11-14-24(22-25)23-12-3-2-4-13-23)30-20-9-10-21-31(30)33-28-18-7-5-16-26(28)27-17-6-8-19-29(27)33/h2-22H,1H3. The lowest BCUT2D eigenvalue weighted by molar-refractivity contribution is 1.12. The van der Waals surface area contributed by atoms with Crippen molar-refractivity contribution in [1.29, 1.82) is 0 Å². The van der Waals surface area contributed by atoms with Gasteiger partial charge in [-0.1, -0.05) is 91.0 Å². The molecule has 6 aromatic rings. The zero-order chi connectivity index (χ0) is 22.2. The van der Waals surface area contributed by atoms with Crippen molar-refractivity contribution >= 4 is 33.2 Å². The second-order valence-electron chi connectivity index (χ2n) is 8.33. The Bertz CT molecular complexity index is 1520. The minimum atomic E-state index is 1.16. The van der Waals surface area contributed by atoms with Gasteiger partial charge in [0.25, 0.3) is 0 Å². The predicted octanol–water partition coefficient (Wildman–Crippen LogP) is 8.22. The molecule has 1 aromatic heterocycles. The second kappa shape index (κ2) is 7.99. The molecule has 2 heteroatoms. The topological polar surface area (TPSA) is 8.17 Å². The first-order valence-corrected chi connectivity index (χ1v) is 11.3. The Labute approximate surface area is 194 Å². The van der Waals surface area contributed by atoms with E-state index in [0.29, 0.717) is 0 Å². The largest absolute Gasteiger partial charge is 0.343 e. The van der Waals surface area contributed by atoms with E-state index in [9.17, 15) is 0 Å². The smallest absolute Gasteiger partial charge is 0.0699 e. The fourth-order valence-electron chi connectivity index (χ4n) is 4.78. The number of anilines is 2. The molecule has 158 valence electrons. The van der Waals surface area contributed by atoms with Gasteiger partial charge in [0.1, 0.15) is 0 Å². The van der Waals surface area contributed by atoms with Crippen LogP contribution in [0, 0.1) is 0 Å². The van der Waals surface area contributed by atoms with Gasteiger partial charge in [-0.3, -0.25) is 0 Å². The lowest BCUT2D eigenvalue weighted by atomic mass is 10.0. The first-order chi connectivity index (χ1) is 16.3. The fraction of sp³-hybridized carbons (Fsp3) is 0.0323. The van der Waals surface area contributed by atoms with E-state index in [1.807, 2.05) is 0 Å². The number of hydrogen-bond acceptors (Lipinski definition) is 1. The van der Waals surface area contributed by atoms with Crippen LogP contribution < -0.4 is 4.90 Å². The molecular weight excluding hydrogens is 400 g/mol. The maximum atomic E-state index is 2.39. The van der Waals surface area contributed by atoms with Gasteiger partial charge in [0.2, 0.25) is 0 Å². The Morgan fingerprint density at radius 1 is 0.515 bits per heavy atom. The Hall–Kier alpha value is -4.30. The number of nitrogens with zero attached hydrogens (tertiary/aromatic N) is 2. The highest BCUT2D eigenvalue weighted by Crippen LogP contribution is 2.37. The number of aromatic nitrogens is 1. The van der Waals surface area contributed by atoms with Gasteiger partial charge in [-0.15, -0.1) is 0 Å². The lowest BCUT2D eigenvalue weighted by Crippen LogP contribution is -2.12. The van der Waals surface area contributed by atoms with Crippen molar-refractivity contribution < 1.29 is 0 Å². The number of benzene rings is 5. The summed E-state index contributed by atoms with van der Waals surface area (Å²) in [4.78, 5) is 2.28. The summed E-state index contributed by atoms with van der Waals surface area (Å²) in [5.74, 6) is 0. The van der Waals surface area contributed by atoms with Crippen LogP contribution in [0.2, 0.25) is 0 Å². The van der Waals surface area contributed by atoms with E-state index in [1.54, 1.807) is 0 Å². The molecule has 0 radical (unpaired) electrons. The molecule has 0 unspecified atom stereocenters. The summed E-state index contributed by atoms with van der Waals surface area (Å²) in [5, 5.41) is 2.55. The summed E-state index contributed by atoms with van der Waals surface area (Å²) in [6.45, 7) is 0. The van der Waals surface area contributed by atoms with Gasteiger partial charge >= 0.3 is 0 Å². The van der Waals surface area contributed by atoms with E-state index in [-0.39, 0.29) is 0 Å². The average molecular weight is 425 g/mol. The van der Waals surface area contributed by atoms with Crippen molar-refractivity contribution in [2.24, 2.45) is 0 Å². The van der Waals surface area contributed by atoms with Crippen molar-refractivity contribution in [3.05, 3.63) is 127 Å². The van der Waals surface area contributed by atoms with Gasteiger partial charge in [0, 0.05) is 23.5 Å². The number of hydrogen-bond donors (Lipinski definition) is 0. The zero-order valence-electron chi connectivity index (χ0n) is 18.5. The van der Waals surface area contributed by atoms with Crippen LogP contribution in [0.15, 0.2) is 127 Å². The van der Waals surface area contributed by atoms with Crippen LogP contribution in [0.3, 0.4) is 0 Å². The maximum Gasteiger partial charge on any atom is 0.0699 e. The molecule has 33 heavy (non-hydrogen) atoms. The molecule has 0 saturated heterocycles. The van der Waals surface area contributed by atoms with Crippen molar-refractivity contribution in [2.75, 3.05) is 11.9 Å². The third-order valence-corrected chi connectivity index (χ3v) is 6.40. The van der Waals surface area contributed by atoms with Gasteiger partial charge in [-0.2, -0.15) is 0 Å². The minimum Gasteiger partial charge on any atom is -0.343 e. The molecule has 0 aliphatic rings. The Morgan fingerprint density at radius 3 is 1.82 bits per heavy atom. The Kier molecular flexibility index (Phi) is 4.70. The molecule has 1 heterocycles. The predicted molar refractivity (Wildman–Crippen MR) is 141 cm³/mol. The van der Waals surface area contributed by atoms with Crippen molar-refractivity contribution in [3.63, 3.8) is 0 Å². The summed E-state index contributed by atoms with van der Waals surface area (Å²) in [7, 11) is 2.15. The summed E-state index contributed by atoms with van der Waals surface area (Å²) in [6.07, 6.45) is 0. The second-order valence-corrected chi connectivity index (χ2v) is 8.33. The average Bonchev–Trinajstić information content (AvgIpc) is 3.23. The molecule has 0 spiro atoms. The normalized spacial score (nSPS) is 11.2. The molecule has 5 aromatic carbocycles. The molecule has 0 aliphatic heterocycles. The van der Waals surface area contributed by atoms with Crippen LogP contribution in [-0.2, 0) is 0 Å². The molecule has 0 bridgehead atoms. The van der Waals surface area contributed by atoms with E-state index >= 15 is 0 Å². The van der Waals surface area contributed by atoms with Crippen molar-refractivity contribution in [2.45, 2.75) is 0 Å². The molecule has 0 atom stereocenters. The SMILES string of the molecule is CN(c1cccc(-c2ccccc2)c1)c1ccccc1-n1c2ccccc2c2ccccc21. The fourth-order valence-corrected chi connectivity index (χ4v) is 4.78. The molecular formula is C31H24N2. The summed E-state index contributed by atoms with van der Waals surface area (Å²) < 4.78 is 2.39. The minimum absolute atomic E-state index is 1.16. The quantitative estimate of drug-likeness (QED) is 0.277. The molecule has 2 nitrogen and oxygen atoms in total. The molecule has 6 rings (SSSR count). The van der Waals surface area contributed by atoms with E-state index in [0.717, 1.165) is 11.4 Å². The summed E-state index contributed by atoms with van der Waals surface area (Å²) in [6, 6.07) is 45.3. The molecule has 0 aliphatic carbocycles. The van der Waals surface area contributed by atoms with Crippen LogP contribution >= 0.6 is 0 Å². The van der Waals surface area contributed by atoms with Gasteiger partial charge in [0.05, 0.1) is 22.4 Å². The van der Waals surface area contributed by atoms with E-state index < -0.39 is 0 Å². The van der Waals surface area contributed by atoms with Gasteiger partial charge in [0.15, 0.2) is 0 Å². The molecule has 0 N–H and O–H groups in total. The number of fused-ring (bicyclic) bond motifs is 3. The van der Waals surface area contributed by atoms with Crippen LogP contribution in [0.4, 0.5) is 11.4 Å². The van der Waals surface area contributed by atoms with Crippen LogP contribution in [-0.4, -0.2) is 11.6 Å². The summed E-state index contributed by atoms with van der Waals surface area (Å²) >= 11 is 0. The number of para-hydroxylation sites is 4. The van der Waals surface area contributed by atoms with Gasteiger partial charge in [-0.25, -0.2) is 0 Å². The number of rotatable bonds is 4. The first-order valence-electron chi connectivity index (χ1n) is 11.3. The lowest BCUT2D eigenvalue weighted by Gasteiger charge is -2.24. The van der Waals surface area contributed by atoms with Crippen LogP contribution in [0.1, 0.15) is 0 Å². The molecule has 0 saturated carbocycles. The van der Waals surface area contributed by atoms with Gasteiger partial charge < -0.3 is 9.47 Å². The van der Waals surface area contributed by atoms with Crippen LogP contribution in [0.5, 0.6) is 0 Å². The Balaban J connectivity index is 1.53. The first kappa shape index (κ1) is 19.4. The highest BCUT2D eigenvalue weighted by molar-refractivity contribution is 6.09. The highest BCUT2D eigenvalue weighted by Gasteiger charge is 2.16. The van der Waals surface area contributed by atoms with E-state index in [1.165, 1.54) is 38.6 Å². The third-order valence-electron chi connectivity index (χ3n) is 6.40.